The third-order valence-corrected chi connectivity index (χ3v) is 3.00. The third kappa shape index (κ3) is 2.34. The molecule has 0 amide bonds. The van der Waals surface area contributed by atoms with Gasteiger partial charge in [-0.05, 0) is 6.54 Å². The lowest BCUT2D eigenvalue weighted by molar-refractivity contribution is 0.715. The van der Waals surface area contributed by atoms with E-state index < -0.39 is 0 Å². The first-order valence-corrected chi connectivity index (χ1v) is 5.83. The Morgan fingerprint density at radius 3 is 3.12 bits per heavy atom. The van der Waals surface area contributed by atoms with Crippen molar-refractivity contribution in [2.24, 2.45) is 0 Å². The van der Waals surface area contributed by atoms with Crippen molar-refractivity contribution in [1.29, 1.82) is 0 Å². The highest BCUT2D eigenvalue weighted by molar-refractivity contribution is 7.14. The third-order valence-electron chi connectivity index (χ3n) is 2.05. The minimum absolute atomic E-state index is 0.0371. The summed E-state index contributed by atoms with van der Waals surface area (Å²) >= 11 is 1.44. The first-order valence-electron chi connectivity index (χ1n) is 5.02. The van der Waals surface area contributed by atoms with Crippen LogP contribution in [0.4, 0.5) is 0 Å². The summed E-state index contributed by atoms with van der Waals surface area (Å²) in [5.41, 5.74) is 0.535. The van der Waals surface area contributed by atoms with Crippen molar-refractivity contribution in [3.63, 3.8) is 0 Å². The Morgan fingerprint density at radius 2 is 2.38 bits per heavy atom. The molecule has 0 aliphatic carbocycles. The molecule has 5 nitrogen and oxygen atoms in total. The molecule has 16 heavy (non-hydrogen) atoms. The molecule has 0 spiro atoms. The predicted octanol–water partition coefficient (Wildman–Crippen LogP) is 1.00. The fourth-order valence-electron chi connectivity index (χ4n) is 1.25. The van der Waals surface area contributed by atoms with Crippen LogP contribution in [-0.2, 0) is 6.54 Å². The Kier molecular flexibility index (Phi) is 3.43. The summed E-state index contributed by atoms with van der Waals surface area (Å²) in [5, 5.41) is 12.7. The van der Waals surface area contributed by atoms with E-state index in [1.807, 2.05) is 6.92 Å². The lowest BCUT2D eigenvalue weighted by Crippen LogP contribution is -2.11. The second-order valence-electron chi connectivity index (χ2n) is 3.20. The van der Waals surface area contributed by atoms with E-state index in [4.69, 9.17) is 0 Å². The quantitative estimate of drug-likeness (QED) is 0.831. The van der Waals surface area contributed by atoms with Gasteiger partial charge in [0.2, 0.25) is 0 Å². The number of hydrogen-bond acceptors (Lipinski definition) is 5. The van der Waals surface area contributed by atoms with Crippen molar-refractivity contribution in [3.05, 3.63) is 33.7 Å². The van der Waals surface area contributed by atoms with E-state index in [1.54, 1.807) is 12.4 Å². The van der Waals surface area contributed by atoms with Gasteiger partial charge in [0.1, 0.15) is 5.01 Å². The molecule has 2 heterocycles. The highest BCUT2D eigenvalue weighted by atomic mass is 32.1. The number of nitrogens with zero attached hydrogens (tertiary/aromatic N) is 2. The summed E-state index contributed by atoms with van der Waals surface area (Å²) in [7, 11) is 0. The number of pyridine rings is 1. The van der Waals surface area contributed by atoms with E-state index in [2.05, 4.69) is 20.5 Å². The van der Waals surface area contributed by atoms with Crippen LogP contribution in [0.25, 0.3) is 10.6 Å². The number of hydrogen-bond donors (Lipinski definition) is 2. The van der Waals surface area contributed by atoms with Gasteiger partial charge in [-0.3, -0.25) is 4.79 Å². The maximum atomic E-state index is 11.5. The van der Waals surface area contributed by atoms with Gasteiger partial charge in [-0.15, -0.1) is 10.2 Å². The molecule has 0 radical (unpaired) electrons. The monoisotopic (exact) mass is 236 g/mol. The van der Waals surface area contributed by atoms with Crippen molar-refractivity contribution in [2.45, 2.75) is 13.5 Å². The van der Waals surface area contributed by atoms with E-state index in [0.717, 1.165) is 11.6 Å². The molecule has 0 saturated heterocycles. The van der Waals surface area contributed by atoms with E-state index >= 15 is 0 Å². The van der Waals surface area contributed by atoms with Crippen LogP contribution in [0.1, 0.15) is 11.9 Å². The Morgan fingerprint density at radius 1 is 1.50 bits per heavy atom. The molecule has 0 unspecified atom stereocenters. The Hall–Kier alpha value is -1.53. The van der Waals surface area contributed by atoms with E-state index in [9.17, 15) is 4.79 Å². The van der Waals surface area contributed by atoms with Gasteiger partial charge in [0.15, 0.2) is 10.4 Å². The number of rotatable bonds is 4. The lowest BCUT2D eigenvalue weighted by atomic mass is 10.3. The minimum atomic E-state index is -0.0371. The number of aromatic nitrogens is 3. The van der Waals surface area contributed by atoms with Gasteiger partial charge in [-0.1, -0.05) is 18.3 Å². The van der Waals surface area contributed by atoms with Crippen LogP contribution in [0.15, 0.2) is 23.3 Å². The van der Waals surface area contributed by atoms with Gasteiger partial charge in [0.05, 0.1) is 5.56 Å². The Balaban J connectivity index is 2.25. The summed E-state index contributed by atoms with van der Waals surface area (Å²) in [6.45, 7) is 3.61. The molecule has 2 aromatic heterocycles. The molecule has 0 aliphatic heterocycles. The Labute approximate surface area is 96.6 Å². The molecular formula is C10H12N4OS. The second kappa shape index (κ2) is 5.00. The van der Waals surface area contributed by atoms with E-state index in [0.29, 0.717) is 17.1 Å². The van der Waals surface area contributed by atoms with Gasteiger partial charge in [-0.2, -0.15) is 0 Å². The molecule has 0 bridgehead atoms. The first kappa shape index (κ1) is 11.0. The standard InChI is InChI=1S/C10H12N4OS/c1-2-11-6-9-13-14-10(16-9)7-5-12-4-3-8(7)15/h3-5,11H,2,6H2,1H3,(H,12,15). The van der Waals surface area contributed by atoms with Crippen LogP contribution in [0.2, 0.25) is 0 Å². The van der Waals surface area contributed by atoms with Crippen molar-refractivity contribution >= 4 is 11.3 Å². The Bertz CT molecular complexity index is 519. The topological polar surface area (TPSA) is 70.7 Å². The fourth-order valence-corrected chi connectivity index (χ4v) is 2.08. The SMILES string of the molecule is CCNCc1nnc(-c2c[nH]ccc2=O)s1. The van der Waals surface area contributed by atoms with Gasteiger partial charge in [-0.25, -0.2) is 0 Å². The maximum Gasteiger partial charge on any atom is 0.191 e. The largest absolute Gasteiger partial charge is 0.367 e. The molecule has 2 aromatic rings. The smallest absolute Gasteiger partial charge is 0.191 e. The summed E-state index contributed by atoms with van der Waals surface area (Å²) in [6, 6.07) is 1.49. The van der Waals surface area contributed by atoms with Crippen LogP contribution in [0, 0.1) is 0 Å². The average Bonchev–Trinajstić information content (AvgIpc) is 2.75. The van der Waals surface area contributed by atoms with Crippen LogP contribution in [0.5, 0.6) is 0 Å². The molecule has 0 atom stereocenters. The van der Waals surface area contributed by atoms with Crippen LogP contribution in [0.3, 0.4) is 0 Å². The van der Waals surface area contributed by atoms with Crippen molar-refractivity contribution in [3.8, 4) is 10.6 Å². The number of aromatic amines is 1. The lowest BCUT2D eigenvalue weighted by Gasteiger charge is -1.94. The fraction of sp³-hybridized carbons (Fsp3) is 0.300. The highest BCUT2D eigenvalue weighted by Crippen LogP contribution is 2.19. The second-order valence-corrected chi connectivity index (χ2v) is 4.27. The van der Waals surface area contributed by atoms with Crippen molar-refractivity contribution < 1.29 is 0 Å². The summed E-state index contributed by atoms with van der Waals surface area (Å²) < 4.78 is 0. The molecule has 0 aromatic carbocycles. The summed E-state index contributed by atoms with van der Waals surface area (Å²) in [5.74, 6) is 0. The minimum Gasteiger partial charge on any atom is -0.367 e. The molecule has 2 rings (SSSR count). The molecule has 2 N–H and O–H groups in total. The van der Waals surface area contributed by atoms with Gasteiger partial charge in [0.25, 0.3) is 0 Å². The number of nitrogens with one attached hydrogen (secondary N) is 2. The van der Waals surface area contributed by atoms with E-state index in [-0.39, 0.29) is 5.43 Å². The van der Waals surface area contributed by atoms with Gasteiger partial charge < -0.3 is 10.3 Å². The molecule has 0 aliphatic rings. The molecule has 0 fully saturated rings. The van der Waals surface area contributed by atoms with Crippen molar-refractivity contribution in [1.82, 2.24) is 20.5 Å². The van der Waals surface area contributed by atoms with Gasteiger partial charge >= 0.3 is 0 Å². The normalized spacial score (nSPS) is 10.6. The molecular weight excluding hydrogens is 224 g/mol. The summed E-state index contributed by atoms with van der Waals surface area (Å²) in [4.78, 5) is 14.4. The predicted molar refractivity (Wildman–Crippen MR) is 63.3 cm³/mol. The molecule has 6 heteroatoms. The first-order chi connectivity index (χ1) is 7.81. The zero-order valence-corrected chi connectivity index (χ0v) is 9.67. The van der Waals surface area contributed by atoms with Crippen LogP contribution in [-0.4, -0.2) is 21.7 Å². The summed E-state index contributed by atoms with van der Waals surface area (Å²) in [6.07, 6.45) is 3.26. The zero-order chi connectivity index (χ0) is 11.4. The van der Waals surface area contributed by atoms with Crippen LogP contribution >= 0.6 is 11.3 Å². The zero-order valence-electron chi connectivity index (χ0n) is 8.86. The van der Waals surface area contributed by atoms with Crippen molar-refractivity contribution in [2.75, 3.05) is 6.54 Å². The molecule has 0 saturated carbocycles. The van der Waals surface area contributed by atoms with Crippen LogP contribution < -0.4 is 10.7 Å². The number of H-pyrrole nitrogens is 1. The maximum absolute atomic E-state index is 11.5. The highest BCUT2D eigenvalue weighted by Gasteiger charge is 2.08. The average molecular weight is 236 g/mol. The van der Waals surface area contributed by atoms with Gasteiger partial charge in [0, 0.05) is 25.0 Å². The van der Waals surface area contributed by atoms with E-state index in [1.165, 1.54) is 17.4 Å². The molecule has 84 valence electrons.